The van der Waals surface area contributed by atoms with Gasteiger partial charge in [0.2, 0.25) is 9.84 Å². The summed E-state index contributed by atoms with van der Waals surface area (Å²) in [6, 6.07) is 11.2. The highest BCUT2D eigenvalue weighted by Crippen LogP contribution is 2.31. The van der Waals surface area contributed by atoms with Gasteiger partial charge in [-0.1, -0.05) is 6.07 Å². The van der Waals surface area contributed by atoms with Gasteiger partial charge in [-0.25, -0.2) is 22.0 Å². The van der Waals surface area contributed by atoms with Gasteiger partial charge in [0.05, 0.1) is 27.5 Å². The molecule has 0 saturated carbocycles. The van der Waals surface area contributed by atoms with Crippen molar-refractivity contribution in [3.63, 3.8) is 0 Å². The van der Waals surface area contributed by atoms with Crippen LogP contribution in [0.15, 0.2) is 64.4 Å². The second-order valence-corrected chi connectivity index (χ2v) is 13.5. The summed E-state index contributed by atoms with van der Waals surface area (Å²) >= 11 is 0. The molecule has 5 rings (SSSR count). The van der Waals surface area contributed by atoms with E-state index in [2.05, 4.69) is 20.6 Å². The molecule has 0 atom stereocenters. The summed E-state index contributed by atoms with van der Waals surface area (Å²) in [6.45, 7) is 2.03. The third kappa shape index (κ3) is 8.16. The Bertz CT molecular complexity index is 1890. The van der Waals surface area contributed by atoms with Crippen LogP contribution >= 0.6 is 0 Å². The molecule has 1 aliphatic heterocycles. The van der Waals surface area contributed by atoms with E-state index >= 15 is 0 Å². The molecule has 0 aliphatic carbocycles. The number of nitrogens with one attached hydrogen (secondary N) is 2. The number of hydrogen-bond donors (Lipinski definition) is 2. The molecule has 3 aromatic carbocycles. The van der Waals surface area contributed by atoms with Crippen molar-refractivity contribution in [2.75, 3.05) is 64.8 Å². The van der Waals surface area contributed by atoms with Crippen molar-refractivity contribution in [1.82, 2.24) is 14.7 Å². The van der Waals surface area contributed by atoms with Crippen LogP contribution in [0.5, 0.6) is 0 Å². The zero-order valence-electron chi connectivity index (χ0n) is 26.8. The first-order valence-electron chi connectivity index (χ1n) is 15.3. The van der Waals surface area contributed by atoms with Crippen LogP contribution in [-0.4, -0.2) is 95.3 Å². The predicted molar refractivity (Wildman–Crippen MR) is 174 cm³/mol. The molecule has 12 nitrogen and oxygen atoms in total. The summed E-state index contributed by atoms with van der Waals surface area (Å²) in [6.07, 6.45) is 1.38. The monoisotopic (exact) mass is 685 g/mol. The maximum absolute atomic E-state index is 14.0. The van der Waals surface area contributed by atoms with E-state index in [0.29, 0.717) is 42.7 Å². The van der Waals surface area contributed by atoms with Crippen LogP contribution in [0.2, 0.25) is 0 Å². The minimum absolute atomic E-state index is 0.0755. The number of rotatable bonds is 12. The fraction of sp³-hybridized carbons (Fsp3) is 0.364. The molecule has 0 radical (unpaired) electrons. The standard InChI is InChI=1S/C33H37F2N5O7S/c1-39(2)11-8-21-4-6-27(29(16-21)36-24-9-12-46-13-10-24)32(41)37-31-28-20-25(48(43,44)26-18-22(34)17-23(35)19-26)5-7-30(28)40(38-31)33(42)47-15-14-45-3/h4-7,16-20,24,36H,8-15H2,1-3H3,(H,37,38,41). The number of hydrogen-bond acceptors (Lipinski definition) is 10. The van der Waals surface area contributed by atoms with Gasteiger partial charge in [-0.15, -0.1) is 5.10 Å². The molecule has 15 heteroatoms. The van der Waals surface area contributed by atoms with Crippen molar-refractivity contribution in [3.05, 3.63) is 77.4 Å². The fourth-order valence-electron chi connectivity index (χ4n) is 5.24. The number of anilines is 2. The van der Waals surface area contributed by atoms with Crippen molar-refractivity contribution < 1.29 is 41.0 Å². The Morgan fingerprint density at radius 3 is 2.42 bits per heavy atom. The van der Waals surface area contributed by atoms with Crippen molar-refractivity contribution in [1.29, 1.82) is 0 Å². The molecule has 1 aliphatic rings. The lowest BCUT2D eigenvalue weighted by Crippen LogP contribution is -2.29. The van der Waals surface area contributed by atoms with E-state index in [4.69, 9.17) is 14.2 Å². The highest BCUT2D eigenvalue weighted by Gasteiger charge is 2.26. The van der Waals surface area contributed by atoms with Gasteiger partial charge in [0.15, 0.2) is 5.82 Å². The zero-order chi connectivity index (χ0) is 34.4. The van der Waals surface area contributed by atoms with E-state index in [-0.39, 0.29) is 40.9 Å². The largest absolute Gasteiger partial charge is 0.445 e. The number of amides is 1. The fourth-order valence-corrected chi connectivity index (χ4v) is 6.57. The molecule has 0 unspecified atom stereocenters. The lowest BCUT2D eigenvalue weighted by Gasteiger charge is -2.25. The average molecular weight is 686 g/mol. The van der Waals surface area contributed by atoms with Crippen LogP contribution in [0.1, 0.15) is 28.8 Å². The summed E-state index contributed by atoms with van der Waals surface area (Å²) in [5.41, 5.74) is 2.05. The SMILES string of the molecule is COCCOC(=O)n1nc(NC(=O)c2ccc(CCN(C)C)cc2NC2CCOCC2)c2cc(S(=O)(=O)c3cc(F)cc(F)c3)ccc21. The van der Waals surface area contributed by atoms with Gasteiger partial charge in [0.25, 0.3) is 5.91 Å². The maximum Gasteiger partial charge on any atom is 0.435 e. The smallest absolute Gasteiger partial charge is 0.435 e. The topological polar surface area (TPSA) is 141 Å². The number of benzene rings is 3. The van der Waals surface area contributed by atoms with Crippen LogP contribution in [0.3, 0.4) is 0 Å². The molecule has 48 heavy (non-hydrogen) atoms. The molecular weight excluding hydrogens is 648 g/mol. The maximum atomic E-state index is 14.0. The van der Waals surface area contributed by atoms with Crippen LogP contribution in [0.25, 0.3) is 10.9 Å². The number of carbonyl (C=O) groups excluding carboxylic acids is 2. The number of methoxy groups -OCH3 is 1. The van der Waals surface area contributed by atoms with Gasteiger partial charge in [-0.2, -0.15) is 4.68 Å². The van der Waals surface area contributed by atoms with Crippen LogP contribution in [-0.2, 0) is 30.5 Å². The summed E-state index contributed by atoms with van der Waals surface area (Å²) < 4.78 is 71.3. The van der Waals surface area contributed by atoms with Gasteiger partial charge in [-0.3, -0.25) is 4.79 Å². The Kier molecular flexibility index (Phi) is 11.0. The van der Waals surface area contributed by atoms with Gasteiger partial charge in [-0.05, 0) is 81.4 Å². The predicted octanol–water partition coefficient (Wildman–Crippen LogP) is 4.73. The van der Waals surface area contributed by atoms with E-state index in [1.807, 2.05) is 26.2 Å². The molecule has 256 valence electrons. The number of ether oxygens (including phenoxy) is 3. The van der Waals surface area contributed by atoms with Crippen molar-refractivity contribution in [3.8, 4) is 0 Å². The first-order valence-corrected chi connectivity index (χ1v) is 16.8. The Hall–Kier alpha value is -4.44. The zero-order valence-corrected chi connectivity index (χ0v) is 27.6. The van der Waals surface area contributed by atoms with Gasteiger partial charge in [0, 0.05) is 50.1 Å². The third-order valence-corrected chi connectivity index (χ3v) is 9.51. The van der Waals surface area contributed by atoms with Gasteiger partial charge >= 0.3 is 6.09 Å². The molecular formula is C33H37F2N5O7S. The second-order valence-electron chi connectivity index (χ2n) is 11.6. The molecule has 0 bridgehead atoms. The minimum atomic E-state index is -4.43. The average Bonchev–Trinajstić information content (AvgIpc) is 3.41. The van der Waals surface area contributed by atoms with Gasteiger partial charge in [0.1, 0.15) is 18.2 Å². The minimum Gasteiger partial charge on any atom is -0.445 e. The Morgan fingerprint density at radius 2 is 1.73 bits per heavy atom. The molecule has 4 aromatic rings. The summed E-state index contributed by atoms with van der Waals surface area (Å²) in [7, 11) is 0.973. The van der Waals surface area contributed by atoms with E-state index < -0.39 is 38.4 Å². The normalized spacial score (nSPS) is 14.0. The molecule has 1 amide bonds. The number of nitrogens with zero attached hydrogens (tertiary/aromatic N) is 3. The number of likely N-dealkylation sites (N-methyl/N-ethyl adjacent to an activating group) is 1. The number of halogens is 2. The van der Waals surface area contributed by atoms with E-state index in [0.717, 1.165) is 36.1 Å². The summed E-state index contributed by atoms with van der Waals surface area (Å²) in [5, 5.41) is 10.6. The quantitative estimate of drug-likeness (QED) is 0.201. The number of aromatic nitrogens is 2. The first kappa shape index (κ1) is 34.9. The lowest BCUT2D eigenvalue weighted by atomic mass is 10.0. The van der Waals surface area contributed by atoms with Crippen molar-refractivity contribution in [2.24, 2.45) is 0 Å². The summed E-state index contributed by atoms with van der Waals surface area (Å²) in [4.78, 5) is 28.0. The Morgan fingerprint density at radius 1 is 1.00 bits per heavy atom. The molecule has 1 fully saturated rings. The highest BCUT2D eigenvalue weighted by molar-refractivity contribution is 7.91. The Labute approximate surface area is 276 Å². The van der Waals surface area contributed by atoms with E-state index in [9.17, 15) is 26.8 Å². The van der Waals surface area contributed by atoms with Crippen molar-refractivity contribution in [2.45, 2.75) is 35.1 Å². The first-order chi connectivity index (χ1) is 23.0. The third-order valence-electron chi connectivity index (χ3n) is 7.78. The van der Waals surface area contributed by atoms with Gasteiger partial charge < -0.3 is 29.7 Å². The summed E-state index contributed by atoms with van der Waals surface area (Å²) in [5.74, 6) is -2.82. The van der Waals surface area contributed by atoms with Crippen LogP contribution in [0.4, 0.5) is 25.1 Å². The van der Waals surface area contributed by atoms with E-state index in [1.165, 1.54) is 25.3 Å². The van der Waals surface area contributed by atoms with E-state index in [1.54, 1.807) is 6.07 Å². The molecule has 0 spiro atoms. The van der Waals surface area contributed by atoms with Crippen molar-refractivity contribution >= 4 is 44.2 Å². The lowest BCUT2D eigenvalue weighted by molar-refractivity contribution is 0.0904. The molecule has 2 heterocycles. The second kappa shape index (κ2) is 15.2. The van der Waals surface area contributed by atoms with Crippen LogP contribution in [0, 0.1) is 11.6 Å². The molecule has 1 aromatic heterocycles. The number of carbonyl (C=O) groups is 2. The Balaban J connectivity index is 1.54. The number of sulfone groups is 1. The molecule has 2 N–H and O–H groups in total. The number of fused-ring (bicyclic) bond motifs is 1. The molecule has 1 saturated heterocycles. The van der Waals surface area contributed by atoms with Crippen LogP contribution < -0.4 is 10.6 Å². The highest BCUT2D eigenvalue weighted by atomic mass is 32.2.